The van der Waals surface area contributed by atoms with Crippen LogP contribution in [0.4, 0.5) is 5.69 Å². The van der Waals surface area contributed by atoms with Crippen LogP contribution in [0.15, 0.2) is 18.2 Å². The molecule has 0 aliphatic heterocycles. The van der Waals surface area contributed by atoms with Gasteiger partial charge in [-0.2, -0.15) is 0 Å². The third-order valence-electron chi connectivity index (χ3n) is 3.83. The molecule has 0 aromatic heterocycles. The normalized spacial score (nSPS) is 25.3. The Kier molecular flexibility index (Phi) is 4.45. The summed E-state index contributed by atoms with van der Waals surface area (Å²) in [4.78, 5) is 21.4. The summed E-state index contributed by atoms with van der Waals surface area (Å²) in [6, 6.07) is 3.70. The molecule has 1 saturated carbocycles. The van der Waals surface area contributed by atoms with Crippen molar-refractivity contribution in [2.24, 2.45) is 11.8 Å². The fourth-order valence-corrected chi connectivity index (χ4v) is 3.05. The minimum Gasteiger partial charge on any atom is -0.490 e. The van der Waals surface area contributed by atoms with E-state index in [1.807, 2.05) is 0 Å². The van der Waals surface area contributed by atoms with E-state index in [0.717, 1.165) is 25.3 Å². The van der Waals surface area contributed by atoms with E-state index in [1.165, 1.54) is 12.1 Å². The van der Waals surface area contributed by atoms with E-state index in [1.54, 1.807) is 0 Å². The van der Waals surface area contributed by atoms with Gasteiger partial charge in [0.25, 0.3) is 5.69 Å². The number of ether oxygens (including phenoxy) is 1. The molecule has 0 amide bonds. The third-order valence-corrected chi connectivity index (χ3v) is 3.83. The monoisotopic (exact) mass is 293 g/mol. The van der Waals surface area contributed by atoms with Crippen LogP contribution in [0.1, 0.15) is 43.5 Å². The number of carbonyl (C=O) groups is 1. The lowest BCUT2D eigenvalue weighted by molar-refractivity contribution is -0.384. The van der Waals surface area contributed by atoms with Gasteiger partial charge in [0.15, 0.2) is 0 Å². The molecule has 1 N–H and O–H groups in total. The van der Waals surface area contributed by atoms with Crippen molar-refractivity contribution < 1.29 is 19.6 Å². The highest BCUT2D eigenvalue weighted by Gasteiger charge is 2.27. The molecular weight excluding hydrogens is 274 g/mol. The van der Waals surface area contributed by atoms with Crippen LogP contribution < -0.4 is 4.74 Å². The Bertz CT molecular complexity index is 547. The smallest absolute Gasteiger partial charge is 0.339 e. The molecule has 0 heterocycles. The lowest BCUT2D eigenvalue weighted by Gasteiger charge is -2.32. The first-order chi connectivity index (χ1) is 9.86. The Balaban J connectivity index is 2.23. The molecule has 2 rings (SSSR count). The molecule has 1 aromatic carbocycles. The molecule has 6 heteroatoms. The summed E-state index contributed by atoms with van der Waals surface area (Å²) < 4.78 is 5.82. The molecule has 0 radical (unpaired) electrons. The summed E-state index contributed by atoms with van der Waals surface area (Å²) in [5.41, 5.74) is -0.403. The molecule has 1 aliphatic carbocycles. The Morgan fingerprint density at radius 3 is 2.43 bits per heavy atom. The van der Waals surface area contributed by atoms with E-state index in [9.17, 15) is 20.0 Å². The Morgan fingerprint density at radius 1 is 1.29 bits per heavy atom. The first-order valence-corrected chi connectivity index (χ1v) is 7.05. The van der Waals surface area contributed by atoms with Crippen molar-refractivity contribution in [3.05, 3.63) is 33.9 Å². The van der Waals surface area contributed by atoms with Gasteiger partial charge in [0.05, 0.1) is 11.0 Å². The van der Waals surface area contributed by atoms with Gasteiger partial charge in [-0.3, -0.25) is 10.1 Å². The summed E-state index contributed by atoms with van der Waals surface area (Å²) in [6.07, 6.45) is 2.86. The maximum Gasteiger partial charge on any atom is 0.339 e. The maximum absolute atomic E-state index is 11.3. The van der Waals surface area contributed by atoms with Crippen LogP contribution in [0.5, 0.6) is 5.75 Å². The first kappa shape index (κ1) is 15.3. The molecular formula is C15H19NO5. The minimum atomic E-state index is -1.22. The molecule has 1 fully saturated rings. The van der Waals surface area contributed by atoms with Crippen molar-refractivity contribution >= 4 is 11.7 Å². The Morgan fingerprint density at radius 2 is 1.90 bits per heavy atom. The van der Waals surface area contributed by atoms with Crippen LogP contribution in [0.3, 0.4) is 0 Å². The minimum absolute atomic E-state index is 0.0386. The van der Waals surface area contributed by atoms with Crippen LogP contribution in [-0.4, -0.2) is 22.1 Å². The summed E-state index contributed by atoms with van der Waals surface area (Å²) in [6.45, 7) is 4.31. The highest BCUT2D eigenvalue weighted by molar-refractivity contribution is 5.91. The van der Waals surface area contributed by atoms with Gasteiger partial charge in [0, 0.05) is 12.1 Å². The number of nitrogens with zero attached hydrogens (tertiary/aromatic N) is 1. The number of nitro groups is 1. The number of carboxylic acid groups (broad SMARTS) is 1. The molecule has 1 aliphatic rings. The van der Waals surface area contributed by atoms with Gasteiger partial charge >= 0.3 is 5.97 Å². The first-order valence-electron chi connectivity index (χ1n) is 7.05. The van der Waals surface area contributed by atoms with Gasteiger partial charge < -0.3 is 9.84 Å². The van der Waals surface area contributed by atoms with E-state index >= 15 is 0 Å². The lowest BCUT2D eigenvalue weighted by atomic mass is 9.82. The summed E-state index contributed by atoms with van der Waals surface area (Å²) in [5.74, 6) is 0.0557. The number of nitro benzene ring substituents is 1. The standard InChI is InChI=1S/C15H19NO5/c1-9-5-10(2)7-12(6-9)21-14-4-3-11(16(19)20)8-13(14)15(17)18/h3-4,8-10,12H,5-7H2,1-2H3,(H,17,18). The molecule has 0 spiro atoms. The number of benzene rings is 1. The number of aromatic carboxylic acids is 1. The van der Waals surface area contributed by atoms with Crippen molar-refractivity contribution in [1.82, 2.24) is 0 Å². The number of non-ortho nitro benzene ring substituents is 1. The number of carboxylic acids is 1. The zero-order chi connectivity index (χ0) is 15.6. The van der Waals surface area contributed by atoms with Gasteiger partial charge in [-0.25, -0.2) is 4.79 Å². The predicted octanol–water partition coefficient (Wildman–Crippen LogP) is 3.50. The Labute approximate surface area is 122 Å². The zero-order valence-corrected chi connectivity index (χ0v) is 12.1. The van der Waals surface area contributed by atoms with E-state index in [4.69, 9.17) is 4.74 Å². The summed E-state index contributed by atoms with van der Waals surface area (Å²) in [7, 11) is 0. The summed E-state index contributed by atoms with van der Waals surface area (Å²) >= 11 is 0. The SMILES string of the molecule is CC1CC(C)CC(Oc2ccc([N+](=O)[O-])cc2C(=O)O)C1. The predicted molar refractivity (Wildman–Crippen MR) is 76.7 cm³/mol. The van der Waals surface area contributed by atoms with Crippen molar-refractivity contribution in [1.29, 1.82) is 0 Å². The molecule has 21 heavy (non-hydrogen) atoms. The van der Waals surface area contributed by atoms with Crippen molar-refractivity contribution in [2.45, 2.75) is 39.2 Å². The molecule has 1 aromatic rings. The fourth-order valence-electron chi connectivity index (χ4n) is 3.05. The second kappa shape index (κ2) is 6.11. The third kappa shape index (κ3) is 3.71. The number of rotatable bonds is 4. The number of hydrogen-bond acceptors (Lipinski definition) is 4. The van der Waals surface area contributed by atoms with Crippen molar-refractivity contribution in [3.8, 4) is 5.75 Å². The highest BCUT2D eigenvalue weighted by Crippen LogP contribution is 2.33. The highest BCUT2D eigenvalue weighted by atomic mass is 16.6. The molecule has 114 valence electrons. The second-order valence-electron chi connectivity index (χ2n) is 5.90. The van der Waals surface area contributed by atoms with Crippen LogP contribution in [0.25, 0.3) is 0 Å². The Hall–Kier alpha value is -2.11. The maximum atomic E-state index is 11.3. The van der Waals surface area contributed by atoms with E-state index < -0.39 is 10.9 Å². The van der Waals surface area contributed by atoms with Crippen LogP contribution in [0, 0.1) is 22.0 Å². The van der Waals surface area contributed by atoms with Gasteiger partial charge in [-0.15, -0.1) is 0 Å². The average molecular weight is 293 g/mol. The zero-order valence-electron chi connectivity index (χ0n) is 12.1. The average Bonchev–Trinajstić information content (AvgIpc) is 2.37. The molecule has 2 atom stereocenters. The summed E-state index contributed by atoms with van der Waals surface area (Å²) in [5, 5.41) is 19.9. The van der Waals surface area contributed by atoms with Gasteiger partial charge in [-0.1, -0.05) is 13.8 Å². The largest absolute Gasteiger partial charge is 0.490 e. The van der Waals surface area contributed by atoms with Crippen LogP contribution in [0.2, 0.25) is 0 Å². The van der Waals surface area contributed by atoms with Crippen molar-refractivity contribution in [2.75, 3.05) is 0 Å². The van der Waals surface area contributed by atoms with Gasteiger partial charge in [0.2, 0.25) is 0 Å². The lowest BCUT2D eigenvalue weighted by Crippen LogP contribution is -2.29. The van der Waals surface area contributed by atoms with Crippen LogP contribution >= 0.6 is 0 Å². The van der Waals surface area contributed by atoms with Crippen LogP contribution in [-0.2, 0) is 0 Å². The fraction of sp³-hybridized carbons (Fsp3) is 0.533. The van der Waals surface area contributed by atoms with Gasteiger partial charge in [-0.05, 0) is 37.2 Å². The van der Waals surface area contributed by atoms with Crippen molar-refractivity contribution in [3.63, 3.8) is 0 Å². The topological polar surface area (TPSA) is 89.7 Å². The van der Waals surface area contributed by atoms with E-state index in [-0.39, 0.29) is 23.1 Å². The van der Waals surface area contributed by atoms with E-state index in [0.29, 0.717) is 11.8 Å². The van der Waals surface area contributed by atoms with Gasteiger partial charge in [0.1, 0.15) is 11.3 Å². The molecule has 0 saturated heterocycles. The van der Waals surface area contributed by atoms with E-state index in [2.05, 4.69) is 13.8 Å². The molecule has 6 nitrogen and oxygen atoms in total. The quantitative estimate of drug-likeness (QED) is 0.677. The molecule has 2 unspecified atom stereocenters. The molecule has 0 bridgehead atoms. The number of hydrogen-bond donors (Lipinski definition) is 1. The second-order valence-corrected chi connectivity index (χ2v) is 5.90.